The topological polar surface area (TPSA) is 124 Å². The van der Waals surface area contributed by atoms with Gasteiger partial charge < -0.3 is 10.4 Å². The van der Waals surface area contributed by atoms with Gasteiger partial charge in [-0.2, -0.15) is 23.4 Å². The molecular weight excluding hydrogens is 501 g/mol. The number of hydrogen-bond donors (Lipinski definition) is 2. The zero-order chi connectivity index (χ0) is 27.4. The van der Waals surface area contributed by atoms with Crippen LogP contribution in [0.3, 0.4) is 0 Å². The number of carbonyl (C=O) groups is 1. The molecule has 0 fully saturated rings. The van der Waals surface area contributed by atoms with Crippen LogP contribution >= 0.6 is 0 Å². The quantitative estimate of drug-likeness (QED) is 0.316. The Morgan fingerprint density at radius 1 is 1.05 bits per heavy atom. The lowest BCUT2D eigenvalue weighted by molar-refractivity contribution is -0.192. The number of nitrogens with one attached hydrogen (secondary N) is 1. The third kappa shape index (κ3) is 6.11. The van der Waals surface area contributed by atoms with Gasteiger partial charge >= 0.3 is 12.1 Å². The van der Waals surface area contributed by atoms with E-state index in [-0.39, 0.29) is 0 Å². The summed E-state index contributed by atoms with van der Waals surface area (Å²) in [5.41, 5.74) is 4.79. The van der Waals surface area contributed by atoms with E-state index in [1.54, 1.807) is 11.0 Å². The van der Waals surface area contributed by atoms with Gasteiger partial charge in [-0.15, -0.1) is 0 Å². The van der Waals surface area contributed by atoms with Crippen LogP contribution in [-0.2, 0) is 4.79 Å². The number of aliphatic carboxylic acids is 1. The van der Waals surface area contributed by atoms with Crippen molar-refractivity contribution in [3.05, 3.63) is 73.2 Å². The smallest absolute Gasteiger partial charge is 0.475 e. The van der Waals surface area contributed by atoms with Gasteiger partial charge in [0.1, 0.15) is 12.2 Å². The number of para-hydroxylation sites is 1. The molecule has 0 radical (unpaired) electrons. The Bertz CT molecular complexity index is 1560. The van der Waals surface area contributed by atoms with Crippen LogP contribution in [0.4, 0.5) is 24.8 Å². The highest BCUT2D eigenvalue weighted by atomic mass is 19.4. The lowest BCUT2D eigenvalue weighted by atomic mass is 10.1. The van der Waals surface area contributed by atoms with Crippen LogP contribution in [0.25, 0.3) is 27.7 Å². The van der Waals surface area contributed by atoms with Crippen molar-refractivity contribution < 1.29 is 23.1 Å². The number of carboxylic acid groups (broad SMARTS) is 1. The molecule has 0 bridgehead atoms. The number of anilines is 2. The monoisotopic (exact) mass is 524 g/mol. The Kier molecular flexibility index (Phi) is 7.37. The van der Waals surface area contributed by atoms with Gasteiger partial charge in [0, 0.05) is 40.6 Å². The fourth-order valence-electron chi connectivity index (χ4n) is 3.41. The van der Waals surface area contributed by atoms with E-state index in [1.165, 1.54) is 0 Å². The normalized spacial score (nSPS) is 11.3. The summed E-state index contributed by atoms with van der Waals surface area (Å²) >= 11 is 0. The molecule has 5 aromatic rings. The van der Waals surface area contributed by atoms with E-state index in [4.69, 9.17) is 14.9 Å². The number of aryl methyl sites for hydroxylation is 1. The van der Waals surface area contributed by atoms with Crippen molar-refractivity contribution in [2.24, 2.45) is 0 Å². The van der Waals surface area contributed by atoms with Crippen LogP contribution in [-0.4, -0.2) is 51.8 Å². The predicted molar refractivity (Wildman–Crippen MR) is 134 cm³/mol. The van der Waals surface area contributed by atoms with Gasteiger partial charge in [0.25, 0.3) is 0 Å². The van der Waals surface area contributed by atoms with Gasteiger partial charge in [0.2, 0.25) is 5.95 Å². The first-order valence-electron chi connectivity index (χ1n) is 11.4. The fraction of sp³-hybridized carbons (Fsp3) is 0.200. The first kappa shape index (κ1) is 26.3. The van der Waals surface area contributed by atoms with Gasteiger partial charge in [0.05, 0.1) is 17.4 Å². The van der Waals surface area contributed by atoms with Gasteiger partial charge in [-0.3, -0.25) is 4.68 Å². The second-order valence-electron chi connectivity index (χ2n) is 8.45. The van der Waals surface area contributed by atoms with Crippen molar-refractivity contribution in [3.63, 3.8) is 0 Å². The third-order valence-electron chi connectivity index (χ3n) is 5.29. The van der Waals surface area contributed by atoms with Crippen molar-refractivity contribution in [1.82, 2.24) is 34.5 Å². The maximum Gasteiger partial charge on any atom is 0.490 e. The summed E-state index contributed by atoms with van der Waals surface area (Å²) in [6.45, 7) is 6.09. The number of halogens is 3. The summed E-state index contributed by atoms with van der Waals surface area (Å²) in [5, 5.41) is 20.2. The SMILES string of the molecule is Cc1ncn(-c2ccc(Nc3ncc4cccc(-c5cnn(C(C)C)c5)c4n3)cc2)n1.O=C(O)C(F)(F)F. The summed E-state index contributed by atoms with van der Waals surface area (Å²) in [7, 11) is 0. The molecule has 0 saturated carbocycles. The summed E-state index contributed by atoms with van der Waals surface area (Å²) in [4.78, 5) is 22.3. The second-order valence-corrected chi connectivity index (χ2v) is 8.45. The molecule has 13 heteroatoms. The highest BCUT2D eigenvalue weighted by molar-refractivity contribution is 5.93. The minimum Gasteiger partial charge on any atom is -0.475 e. The lowest BCUT2D eigenvalue weighted by Crippen LogP contribution is -2.21. The summed E-state index contributed by atoms with van der Waals surface area (Å²) in [5.74, 6) is -1.48. The molecule has 38 heavy (non-hydrogen) atoms. The van der Waals surface area contributed by atoms with Crippen molar-refractivity contribution in [2.75, 3.05) is 5.32 Å². The Hall–Kier alpha value is -4.81. The number of benzene rings is 2. The molecule has 3 aromatic heterocycles. The van der Waals surface area contributed by atoms with E-state index in [0.29, 0.717) is 12.0 Å². The van der Waals surface area contributed by atoms with Crippen LogP contribution in [0.5, 0.6) is 0 Å². The Labute approximate surface area is 214 Å². The van der Waals surface area contributed by atoms with E-state index in [9.17, 15) is 13.2 Å². The standard InChI is InChI=1S/C23H22N8.C2HF3O2/c1-15(2)30-13-18(12-26-30)21-6-4-5-17-11-24-23(28-22(17)21)27-19-7-9-20(10-8-19)31-14-25-16(3)29-31;3-2(4,5)1(6)7/h4-15H,1-3H3,(H,24,27,28);(H,6,7). The minimum absolute atomic E-state index is 0.306. The maximum atomic E-state index is 10.6. The van der Waals surface area contributed by atoms with E-state index < -0.39 is 12.1 Å². The number of carboxylic acids is 1. The maximum absolute atomic E-state index is 10.6. The zero-order valence-corrected chi connectivity index (χ0v) is 20.5. The van der Waals surface area contributed by atoms with E-state index >= 15 is 0 Å². The minimum atomic E-state index is -5.08. The van der Waals surface area contributed by atoms with Gasteiger partial charge in [-0.1, -0.05) is 18.2 Å². The lowest BCUT2D eigenvalue weighted by Gasteiger charge is -2.09. The van der Waals surface area contributed by atoms with Crippen LogP contribution < -0.4 is 5.32 Å². The molecule has 2 N–H and O–H groups in total. The molecule has 0 unspecified atom stereocenters. The van der Waals surface area contributed by atoms with E-state index in [2.05, 4.69) is 51.6 Å². The summed E-state index contributed by atoms with van der Waals surface area (Å²) in [6.07, 6.45) is 2.40. The van der Waals surface area contributed by atoms with Gasteiger partial charge in [0.15, 0.2) is 0 Å². The molecular formula is C25H23F3N8O2. The molecule has 0 aliphatic rings. The first-order chi connectivity index (χ1) is 18.0. The number of alkyl halides is 3. The first-order valence-corrected chi connectivity index (χ1v) is 11.4. The molecule has 0 spiro atoms. The molecule has 10 nitrogen and oxygen atoms in total. The fourth-order valence-corrected chi connectivity index (χ4v) is 3.41. The number of aromatic nitrogens is 7. The third-order valence-corrected chi connectivity index (χ3v) is 5.29. The number of fused-ring (bicyclic) bond motifs is 1. The molecule has 0 saturated heterocycles. The van der Waals surface area contributed by atoms with Crippen molar-refractivity contribution in [3.8, 4) is 16.8 Å². The van der Waals surface area contributed by atoms with Gasteiger partial charge in [-0.05, 0) is 45.0 Å². The average molecular weight is 525 g/mol. The molecule has 196 valence electrons. The summed E-state index contributed by atoms with van der Waals surface area (Å²) in [6, 6.07) is 14.3. The highest BCUT2D eigenvalue weighted by Crippen LogP contribution is 2.28. The van der Waals surface area contributed by atoms with Crippen LogP contribution in [0.1, 0.15) is 25.7 Å². The molecule has 3 heterocycles. The van der Waals surface area contributed by atoms with Crippen LogP contribution in [0.15, 0.2) is 67.4 Å². The summed E-state index contributed by atoms with van der Waals surface area (Å²) < 4.78 is 35.4. The van der Waals surface area contributed by atoms with E-state index in [0.717, 1.165) is 39.2 Å². The van der Waals surface area contributed by atoms with Crippen molar-refractivity contribution >= 4 is 28.5 Å². The number of nitrogens with zero attached hydrogens (tertiary/aromatic N) is 7. The Morgan fingerprint density at radius 2 is 1.76 bits per heavy atom. The van der Waals surface area contributed by atoms with E-state index in [1.807, 2.05) is 60.4 Å². The molecule has 0 atom stereocenters. The molecule has 2 aromatic carbocycles. The van der Waals surface area contributed by atoms with Gasteiger partial charge in [-0.25, -0.2) is 24.4 Å². The molecule has 0 aliphatic carbocycles. The van der Waals surface area contributed by atoms with Crippen LogP contribution in [0, 0.1) is 6.92 Å². The number of hydrogen-bond acceptors (Lipinski definition) is 7. The highest BCUT2D eigenvalue weighted by Gasteiger charge is 2.38. The molecule has 5 rings (SSSR count). The van der Waals surface area contributed by atoms with Crippen LogP contribution in [0.2, 0.25) is 0 Å². The largest absolute Gasteiger partial charge is 0.490 e. The van der Waals surface area contributed by atoms with Crippen molar-refractivity contribution in [2.45, 2.75) is 33.0 Å². The average Bonchev–Trinajstić information content (AvgIpc) is 3.54. The predicted octanol–water partition coefficient (Wildman–Crippen LogP) is 5.34. The zero-order valence-electron chi connectivity index (χ0n) is 20.5. The Balaban J connectivity index is 0.000000426. The molecule has 0 aliphatic heterocycles. The van der Waals surface area contributed by atoms with Crippen molar-refractivity contribution in [1.29, 1.82) is 0 Å². The number of rotatable bonds is 5. The molecule has 0 amide bonds. The Morgan fingerprint density at radius 3 is 2.34 bits per heavy atom. The second kappa shape index (κ2) is 10.7.